The van der Waals surface area contributed by atoms with Crippen molar-refractivity contribution in [3.8, 4) is 6.07 Å². The van der Waals surface area contributed by atoms with E-state index in [1.54, 1.807) is 19.2 Å². The smallest absolute Gasteiger partial charge is 0.264 e. The van der Waals surface area contributed by atoms with Gasteiger partial charge in [-0.05, 0) is 43.7 Å². The van der Waals surface area contributed by atoms with Gasteiger partial charge in [0.1, 0.15) is 23.1 Å². The van der Waals surface area contributed by atoms with Crippen LogP contribution in [0.5, 0.6) is 0 Å². The van der Waals surface area contributed by atoms with Gasteiger partial charge in [0.2, 0.25) is 0 Å². The van der Waals surface area contributed by atoms with Gasteiger partial charge >= 0.3 is 0 Å². The fraction of sp³-hybridized carbons (Fsp3) is 0.375. The molecule has 1 fully saturated rings. The first-order valence-corrected chi connectivity index (χ1v) is 10.7. The maximum atomic E-state index is 13.5. The maximum Gasteiger partial charge on any atom is 0.264 e. The van der Waals surface area contributed by atoms with E-state index in [0.717, 1.165) is 6.07 Å². The maximum absolute atomic E-state index is 13.5. The average Bonchev–Trinajstić information content (AvgIpc) is 2.79. The quantitative estimate of drug-likeness (QED) is 0.596. The van der Waals surface area contributed by atoms with Crippen LogP contribution in [0.1, 0.15) is 37.1 Å². The lowest BCUT2D eigenvalue weighted by Crippen LogP contribution is -2.56. The molecule has 0 N–H and O–H groups in total. The molecule has 0 amide bonds. The van der Waals surface area contributed by atoms with Gasteiger partial charge in [0, 0.05) is 50.4 Å². The van der Waals surface area contributed by atoms with Gasteiger partial charge in [-0.15, -0.1) is 0 Å². The first-order chi connectivity index (χ1) is 15.7. The summed E-state index contributed by atoms with van der Waals surface area (Å²) in [7, 11) is 1.66. The normalized spacial score (nSPS) is 19.3. The number of hydrogen-bond acceptors (Lipinski definition) is 5. The minimum absolute atomic E-state index is 0.0324. The molecule has 6 nitrogen and oxygen atoms in total. The van der Waals surface area contributed by atoms with Crippen molar-refractivity contribution in [3.63, 3.8) is 0 Å². The number of pyridine rings is 2. The Labute approximate surface area is 189 Å². The topological polar surface area (TPSA) is 65.2 Å². The SMILES string of the molecule is C[C@@H]1CN(c2cc(=O)n(C)c3ccc(C#N)nc23)[C@@H](C)CN1Cc1ccc(F)cc1C(F)F. The zero-order valence-electron chi connectivity index (χ0n) is 18.6. The van der Waals surface area contributed by atoms with Crippen LogP contribution in [0.25, 0.3) is 11.0 Å². The van der Waals surface area contributed by atoms with E-state index >= 15 is 0 Å². The number of nitriles is 1. The Kier molecular flexibility index (Phi) is 6.13. The van der Waals surface area contributed by atoms with Crippen LogP contribution in [-0.4, -0.2) is 39.6 Å². The Morgan fingerprint density at radius 3 is 2.61 bits per heavy atom. The molecule has 0 spiro atoms. The molecule has 0 bridgehead atoms. The van der Waals surface area contributed by atoms with E-state index in [-0.39, 0.29) is 35.4 Å². The van der Waals surface area contributed by atoms with Gasteiger partial charge in [-0.3, -0.25) is 9.69 Å². The molecular formula is C24H24F3N5O. The predicted molar refractivity (Wildman–Crippen MR) is 120 cm³/mol. The molecule has 1 saturated heterocycles. The molecule has 2 aromatic heterocycles. The van der Waals surface area contributed by atoms with Gasteiger partial charge in [-0.1, -0.05) is 6.07 Å². The molecule has 0 aliphatic carbocycles. The second-order valence-electron chi connectivity index (χ2n) is 8.53. The minimum atomic E-state index is -2.75. The molecule has 3 aromatic rings. The van der Waals surface area contributed by atoms with E-state index in [1.165, 1.54) is 22.8 Å². The molecule has 172 valence electrons. The van der Waals surface area contributed by atoms with Gasteiger partial charge in [0.25, 0.3) is 12.0 Å². The lowest BCUT2D eigenvalue weighted by Gasteiger charge is -2.45. The first kappa shape index (κ1) is 22.8. The van der Waals surface area contributed by atoms with E-state index < -0.39 is 12.2 Å². The number of aryl methyl sites for hydroxylation is 1. The molecule has 1 aromatic carbocycles. The number of fused-ring (bicyclic) bond motifs is 1. The summed E-state index contributed by atoms with van der Waals surface area (Å²) in [5.74, 6) is -0.679. The lowest BCUT2D eigenvalue weighted by molar-refractivity contribution is 0.138. The summed E-state index contributed by atoms with van der Waals surface area (Å²) in [6.45, 7) is 5.34. The first-order valence-electron chi connectivity index (χ1n) is 10.7. The standard InChI is InChI=1S/C24H24F3N5O/c1-14-12-32(21-9-22(33)30(3)20-7-6-18(10-28)29-23(20)21)15(2)11-31(14)13-16-4-5-17(25)8-19(16)24(26)27/h4-9,14-15,24H,11-13H2,1-3H3/t14-,15+/m1/s1. The van der Waals surface area contributed by atoms with E-state index in [4.69, 9.17) is 0 Å². The van der Waals surface area contributed by atoms with Crippen molar-refractivity contribution in [1.29, 1.82) is 5.26 Å². The van der Waals surface area contributed by atoms with Gasteiger partial charge < -0.3 is 9.47 Å². The predicted octanol–water partition coefficient (Wildman–Crippen LogP) is 3.98. The number of rotatable bonds is 4. The molecule has 33 heavy (non-hydrogen) atoms. The van der Waals surface area contributed by atoms with Crippen molar-refractivity contribution in [3.05, 3.63) is 69.4 Å². The summed E-state index contributed by atoms with van der Waals surface area (Å²) in [5, 5.41) is 9.29. The number of nitrogens with zero attached hydrogens (tertiary/aromatic N) is 5. The number of halogens is 3. The zero-order valence-corrected chi connectivity index (χ0v) is 18.6. The summed E-state index contributed by atoms with van der Waals surface area (Å²) in [5.41, 5.74) is 2.05. The van der Waals surface area contributed by atoms with Gasteiger partial charge in [0.05, 0.1) is 11.2 Å². The van der Waals surface area contributed by atoms with Crippen molar-refractivity contribution < 1.29 is 13.2 Å². The molecular weight excluding hydrogens is 431 g/mol. The fourth-order valence-corrected chi connectivity index (χ4v) is 4.48. The number of aromatic nitrogens is 2. The van der Waals surface area contributed by atoms with Crippen molar-refractivity contribution in [2.45, 2.75) is 38.9 Å². The number of piperazine rings is 1. The lowest BCUT2D eigenvalue weighted by atomic mass is 10.0. The largest absolute Gasteiger partial charge is 0.364 e. The Bertz CT molecular complexity index is 1300. The summed E-state index contributed by atoms with van der Waals surface area (Å²) in [6.07, 6.45) is -2.75. The van der Waals surface area contributed by atoms with Crippen LogP contribution >= 0.6 is 0 Å². The van der Waals surface area contributed by atoms with Crippen LogP contribution in [-0.2, 0) is 13.6 Å². The molecule has 4 rings (SSSR count). The number of hydrogen-bond donors (Lipinski definition) is 0. The number of anilines is 1. The van der Waals surface area contributed by atoms with Crippen LogP contribution in [0.4, 0.5) is 18.9 Å². The van der Waals surface area contributed by atoms with Gasteiger partial charge in [-0.2, -0.15) is 5.26 Å². The Balaban J connectivity index is 1.66. The van der Waals surface area contributed by atoms with Crippen molar-refractivity contribution in [1.82, 2.24) is 14.5 Å². The Morgan fingerprint density at radius 1 is 1.15 bits per heavy atom. The van der Waals surface area contributed by atoms with E-state index in [1.807, 2.05) is 19.9 Å². The molecule has 1 aliphatic rings. The zero-order chi connectivity index (χ0) is 23.9. The van der Waals surface area contributed by atoms with Crippen LogP contribution in [0.15, 0.2) is 41.2 Å². The highest BCUT2D eigenvalue weighted by Gasteiger charge is 2.31. The number of benzene rings is 1. The highest BCUT2D eigenvalue weighted by Crippen LogP contribution is 2.31. The molecule has 0 unspecified atom stereocenters. The van der Waals surface area contributed by atoms with Crippen LogP contribution in [0.3, 0.4) is 0 Å². The van der Waals surface area contributed by atoms with Crippen molar-refractivity contribution in [2.24, 2.45) is 7.05 Å². The van der Waals surface area contributed by atoms with Gasteiger partial charge in [0.15, 0.2) is 0 Å². The van der Waals surface area contributed by atoms with E-state index in [2.05, 4.69) is 14.8 Å². The van der Waals surface area contributed by atoms with Gasteiger partial charge in [-0.25, -0.2) is 18.2 Å². The van der Waals surface area contributed by atoms with Crippen LogP contribution < -0.4 is 10.5 Å². The summed E-state index contributed by atoms with van der Waals surface area (Å²) in [4.78, 5) is 21.2. The molecule has 9 heteroatoms. The molecule has 2 atom stereocenters. The second-order valence-corrected chi connectivity index (χ2v) is 8.53. The summed E-state index contributed by atoms with van der Waals surface area (Å²) >= 11 is 0. The minimum Gasteiger partial charge on any atom is -0.364 e. The molecule has 0 saturated carbocycles. The second kappa shape index (κ2) is 8.87. The Hall–Kier alpha value is -3.38. The summed E-state index contributed by atoms with van der Waals surface area (Å²) < 4.78 is 41.9. The highest BCUT2D eigenvalue weighted by molar-refractivity contribution is 5.89. The Morgan fingerprint density at radius 2 is 1.91 bits per heavy atom. The fourth-order valence-electron chi connectivity index (χ4n) is 4.48. The average molecular weight is 455 g/mol. The molecule has 3 heterocycles. The molecule has 0 radical (unpaired) electrons. The third-order valence-corrected chi connectivity index (χ3v) is 6.32. The third-order valence-electron chi connectivity index (χ3n) is 6.32. The van der Waals surface area contributed by atoms with Crippen molar-refractivity contribution in [2.75, 3.05) is 18.0 Å². The highest BCUT2D eigenvalue weighted by atomic mass is 19.3. The van der Waals surface area contributed by atoms with E-state index in [0.29, 0.717) is 35.4 Å². The van der Waals surface area contributed by atoms with E-state index in [9.17, 15) is 23.2 Å². The monoisotopic (exact) mass is 455 g/mol. The van der Waals surface area contributed by atoms with Crippen LogP contribution in [0.2, 0.25) is 0 Å². The number of alkyl halides is 2. The molecule has 1 aliphatic heterocycles. The van der Waals surface area contributed by atoms with Crippen molar-refractivity contribution >= 4 is 16.7 Å². The third kappa shape index (κ3) is 4.31. The summed E-state index contributed by atoms with van der Waals surface area (Å²) in [6, 6.07) is 10.3. The van der Waals surface area contributed by atoms with Crippen LogP contribution in [0, 0.1) is 17.1 Å².